The number of alkyl halides is 7. The predicted molar refractivity (Wildman–Crippen MR) is 51.1 cm³/mol. The minimum absolute atomic E-state index is 0.134. The van der Waals surface area contributed by atoms with Gasteiger partial charge in [-0.1, -0.05) is 0 Å². The lowest BCUT2D eigenvalue weighted by molar-refractivity contribution is -0.277. The first kappa shape index (κ1) is 15.4. The molecule has 9 heteroatoms. The number of hydrogen-bond acceptors (Lipinski definition) is 1. The van der Waals surface area contributed by atoms with E-state index in [1.165, 1.54) is 0 Å². The van der Waals surface area contributed by atoms with Gasteiger partial charge in [0.25, 0.3) is 0 Å². The second-order valence-corrected chi connectivity index (χ2v) is 4.66. The van der Waals surface area contributed by atoms with Crippen molar-refractivity contribution >= 4 is 17.5 Å². The van der Waals surface area contributed by atoms with Crippen LogP contribution in [0.4, 0.5) is 26.3 Å². The first-order valence-electron chi connectivity index (χ1n) is 5.09. The molecule has 0 aromatic carbocycles. The number of hydrogen-bond donors (Lipinski definition) is 0. The van der Waals surface area contributed by atoms with Gasteiger partial charge in [0.2, 0.25) is 11.8 Å². The third-order valence-electron chi connectivity index (χ3n) is 2.58. The highest BCUT2D eigenvalue weighted by atomic mass is 35.5. The van der Waals surface area contributed by atoms with Gasteiger partial charge in [0.1, 0.15) is 0 Å². The highest BCUT2D eigenvalue weighted by molar-refractivity contribution is 6.20. The molecule has 0 N–H and O–H groups in total. The summed E-state index contributed by atoms with van der Waals surface area (Å²) < 4.78 is 73.9. The number of amides is 1. The first-order valence-corrected chi connectivity index (χ1v) is 5.53. The van der Waals surface area contributed by atoms with E-state index in [4.69, 9.17) is 11.6 Å². The van der Waals surface area contributed by atoms with Gasteiger partial charge in [-0.15, -0.1) is 11.6 Å². The Kier molecular flexibility index (Phi) is 4.40. The van der Waals surface area contributed by atoms with Crippen molar-refractivity contribution in [2.45, 2.75) is 30.6 Å². The van der Waals surface area contributed by atoms with Gasteiger partial charge in [0.15, 0.2) is 0 Å². The summed E-state index contributed by atoms with van der Waals surface area (Å²) in [5.74, 6) is -5.94. The highest BCUT2D eigenvalue weighted by Gasteiger charge is 2.62. The van der Waals surface area contributed by atoms with Crippen molar-refractivity contribution in [3.05, 3.63) is 0 Å². The molecule has 1 aliphatic rings. The fourth-order valence-corrected chi connectivity index (χ4v) is 2.09. The van der Waals surface area contributed by atoms with Gasteiger partial charge in [0.05, 0.1) is 5.38 Å². The standard InChI is InChI=1S/C9H10ClF6NO/c10-5-2-1-3-17(4-5)7(18)6(8(11,12)13)9(14,15)16/h5-6H,1-4H2. The van der Waals surface area contributed by atoms with Crippen LogP contribution in [0.3, 0.4) is 0 Å². The number of rotatable bonds is 1. The van der Waals surface area contributed by atoms with Crippen molar-refractivity contribution in [2.24, 2.45) is 5.92 Å². The summed E-state index contributed by atoms with van der Waals surface area (Å²) in [5.41, 5.74) is 0. The number of piperidine rings is 1. The number of nitrogens with zero attached hydrogens (tertiary/aromatic N) is 1. The molecule has 1 fully saturated rings. The Labute approximate surface area is 104 Å². The summed E-state index contributed by atoms with van der Waals surface area (Å²) in [6.07, 6.45) is -10.5. The minimum atomic E-state index is -5.64. The number of carbonyl (C=O) groups is 1. The Hall–Kier alpha value is -0.660. The lowest BCUT2D eigenvalue weighted by atomic mass is 10.0. The molecule has 0 aliphatic carbocycles. The van der Waals surface area contributed by atoms with Crippen LogP contribution in [-0.4, -0.2) is 41.6 Å². The maximum atomic E-state index is 12.3. The van der Waals surface area contributed by atoms with Crippen LogP contribution in [-0.2, 0) is 4.79 Å². The van der Waals surface area contributed by atoms with E-state index in [0.717, 1.165) is 0 Å². The Bertz CT molecular complexity index is 301. The van der Waals surface area contributed by atoms with Crippen LogP contribution in [0.25, 0.3) is 0 Å². The maximum Gasteiger partial charge on any atom is 0.409 e. The van der Waals surface area contributed by atoms with Crippen LogP contribution >= 0.6 is 11.6 Å². The molecule has 2 nitrogen and oxygen atoms in total. The summed E-state index contributed by atoms with van der Waals surface area (Å²) >= 11 is 5.63. The van der Waals surface area contributed by atoms with E-state index in [1.807, 2.05) is 0 Å². The van der Waals surface area contributed by atoms with Crippen molar-refractivity contribution in [1.82, 2.24) is 4.90 Å². The van der Waals surface area contributed by atoms with Crippen LogP contribution in [0.1, 0.15) is 12.8 Å². The fraction of sp³-hybridized carbons (Fsp3) is 0.889. The van der Waals surface area contributed by atoms with E-state index < -0.39 is 29.6 Å². The largest absolute Gasteiger partial charge is 0.409 e. The van der Waals surface area contributed by atoms with E-state index in [0.29, 0.717) is 17.7 Å². The van der Waals surface area contributed by atoms with Crippen LogP contribution < -0.4 is 0 Å². The van der Waals surface area contributed by atoms with E-state index in [-0.39, 0.29) is 13.1 Å². The summed E-state index contributed by atoms with van der Waals surface area (Å²) in [7, 11) is 0. The zero-order valence-corrected chi connectivity index (χ0v) is 9.74. The molecular weight excluding hydrogens is 288 g/mol. The van der Waals surface area contributed by atoms with Crippen LogP contribution in [0.5, 0.6) is 0 Å². The third kappa shape index (κ3) is 3.66. The lowest BCUT2D eigenvalue weighted by Crippen LogP contribution is -2.52. The van der Waals surface area contributed by atoms with Gasteiger partial charge in [0, 0.05) is 13.1 Å². The molecule has 0 radical (unpaired) electrons. The van der Waals surface area contributed by atoms with E-state index in [9.17, 15) is 31.1 Å². The number of halogens is 7. The molecular formula is C9H10ClF6NO. The minimum Gasteiger partial charge on any atom is -0.340 e. The molecule has 0 bridgehead atoms. The van der Waals surface area contributed by atoms with E-state index >= 15 is 0 Å². The molecule has 0 aromatic rings. The average molecular weight is 298 g/mol. The van der Waals surface area contributed by atoms with Crippen molar-refractivity contribution < 1.29 is 31.1 Å². The van der Waals surface area contributed by atoms with Crippen molar-refractivity contribution in [1.29, 1.82) is 0 Å². The lowest BCUT2D eigenvalue weighted by Gasteiger charge is -2.33. The van der Waals surface area contributed by atoms with Gasteiger partial charge in [-0.2, -0.15) is 26.3 Å². The smallest absolute Gasteiger partial charge is 0.340 e. The second kappa shape index (κ2) is 5.14. The Morgan fingerprint density at radius 1 is 1.17 bits per heavy atom. The monoisotopic (exact) mass is 297 g/mol. The Morgan fingerprint density at radius 3 is 2.06 bits per heavy atom. The zero-order chi connectivity index (χ0) is 14.1. The molecule has 0 spiro atoms. The topological polar surface area (TPSA) is 20.3 Å². The van der Waals surface area contributed by atoms with E-state index in [1.54, 1.807) is 0 Å². The van der Waals surface area contributed by atoms with Crippen LogP contribution in [0.15, 0.2) is 0 Å². The van der Waals surface area contributed by atoms with Gasteiger partial charge >= 0.3 is 12.4 Å². The summed E-state index contributed by atoms with van der Waals surface area (Å²) in [4.78, 5) is 11.9. The van der Waals surface area contributed by atoms with Crippen LogP contribution in [0, 0.1) is 5.92 Å². The van der Waals surface area contributed by atoms with Crippen molar-refractivity contribution in [3.8, 4) is 0 Å². The summed E-state index contributed by atoms with van der Waals surface area (Å²) in [6, 6.07) is 0. The fourth-order valence-electron chi connectivity index (χ4n) is 1.77. The zero-order valence-electron chi connectivity index (χ0n) is 8.98. The van der Waals surface area contributed by atoms with Gasteiger partial charge < -0.3 is 4.90 Å². The molecule has 0 saturated carbocycles. The highest BCUT2D eigenvalue weighted by Crippen LogP contribution is 2.40. The molecule has 1 atom stereocenters. The third-order valence-corrected chi connectivity index (χ3v) is 2.93. The van der Waals surface area contributed by atoms with E-state index in [2.05, 4.69) is 0 Å². The normalized spacial score (nSPS) is 22.4. The van der Waals surface area contributed by atoms with Gasteiger partial charge in [-0.05, 0) is 12.8 Å². The number of carbonyl (C=O) groups excluding carboxylic acids is 1. The SMILES string of the molecule is O=C(C(C(F)(F)F)C(F)(F)F)N1CCCC(Cl)C1. The Morgan fingerprint density at radius 2 is 1.67 bits per heavy atom. The molecule has 1 rings (SSSR count). The first-order chi connectivity index (χ1) is 8.03. The average Bonchev–Trinajstić information content (AvgIpc) is 2.12. The maximum absolute atomic E-state index is 12.3. The quantitative estimate of drug-likeness (QED) is 0.538. The van der Waals surface area contributed by atoms with Crippen LogP contribution in [0.2, 0.25) is 0 Å². The van der Waals surface area contributed by atoms with Crippen molar-refractivity contribution in [2.75, 3.05) is 13.1 Å². The van der Waals surface area contributed by atoms with Gasteiger partial charge in [-0.3, -0.25) is 4.79 Å². The molecule has 106 valence electrons. The van der Waals surface area contributed by atoms with Gasteiger partial charge in [-0.25, -0.2) is 0 Å². The summed E-state index contributed by atoms with van der Waals surface area (Å²) in [5, 5.41) is -0.607. The molecule has 0 aromatic heterocycles. The molecule has 1 amide bonds. The molecule has 1 aliphatic heterocycles. The number of likely N-dealkylation sites (tertiary alicyclic amines) is 1. The second-order valence-electron chi connectivity index (χ2n) is 4.04. The Balaban J connectivity index is 2.90. The van der Waals surface area contributed by atoms with Crippen molar-refractivity contribution in [3.63, 3.8) is 0 Å². The molecule has 1 unspecified atom stereocenters. The molecule has 18 heavy (non-hydrogen) atoms. The molecule has 1 heterocycles. The summed E-state index contributed by atoms with van der Waals surface area (Å²) in [6.45, 7) is -0.423. The predicted octanol–water partition coefficient (Wildman–Crippen LogP) is 2.96. The molecule has 1 saturated heterocycles.